The van der Waals surface area contributed by atoms with Gasteiger partial charge in [0.2, 0.25) is 5.76 Å². The largest absolute Gasteiger partial charge is 0.457 e. The predicted molar refractivity (Wildman–Crippen MR) is 52.7 cm³/mol. The Balaban J connectivity index is 2.55. The van der Waals surface area contributed by atoms with Gasteiger partial charge in [-0.05, 0) is 19.1 Å². The minimum absolute atomic E-state index is 0.0715. The summed E-state index contributed by atoms with van der Waals surface area (Å²) in [5, 5.41) is 3.42. The van der Waals surface area contributed by atoms with E-state index in [9.17, 15) is 4.79 Å². The molecule has 1 heterocycles. The average molecular weight is 236 g/mol. The lowest BCUT2D eigenvalue weighted by molar-refractivity contribution is 0.0479. The summed E-state index contributed by atoms with van der Waals surface area (Å²) in [5.41, 5.74) is 0.299. The van der Waals surface area contributed by atoms with Crippen molar-refractivity contribution in [2.75, 3.05) is 0 Å². The van der Waals surface area contributed by atoms with Crippen molar-refractivity contribution >= 4 is 34.9 Å². The molecular weight excluding hydrogens is 229 g/mol. The molecule has 6 heteroatoms. The maximum atomic E-state index is 11.1. The van der Waals surface area contributed by atoms with Crippen molar-refractivity contribution in [2.45, 2.75) is 11.8 Å². The van der Waals surface area contributed by atoms with E-state index in [2.05, 4.69) is 9.99 Å². The zero-order valence-corrected chi connectivity index (χ0v) is 8.75. The van der Waals surface area contributed by atoms with Crippen molar-refractivity contribution in [2.24, 2.45) is 5.16 Å². The summed E-state index contributed by atoms with van der Waals surface area (Å²) in [6.45, 7) is 1.54. The van der Waals surface area contributed by atoms with Gasteiger partial charge in [-0.2, -0.15) is 0 Å². The van der Waals surface area contributed by atoms with E-state index in [1.165, 1.54) is 12.3 Å². The van der Waals surface area contributed by atoms with Crippen molar-refractivity contribution < 1.29 is 14.0 Å². The second-order valence-electron chi connectivity index (χ2n) is 2.39. The van der Waals surface area contributed by atoms with E-state index >= 15 is 0 Å². The Morgan fingerprint density at radius 3 is 2.86 bits per heavy atom. The van der Waals surface area contributed by atoms with Crippen LogP contribution in [0.4, 0.5) is 0 Å². The molecule has 1 rings (SSSR count). The molecule has 0 spiro atoms. The van der Waals surface area contributed by atoms with Crippen molar-refractivity contribution in [1.82, 2.24) is 0 Å². The van der Waals surface area contributed by atoms with E-state index in [4.69, 9.17) is 27.6 Å². The first-order chi connectivity index (χ1) is 6.61. The Morgan fingerprint density at radius 1 is 1.64 bits per heavy atom. The Kier molecular flexibility index (Phi) is 3.98. The van der Waals surface area contributed by atoms with Crippen LogP contribution in [0.2, 0.25) is 0 Å². The molecule has 1 aromatic heterocycles. The molecule has 4 nitrogen and oxygen atoms in total. The van der Waals surface area contributed by atoms with Gasteiger partial charge in [0.25, 0.3) is 0 Å². The predicted octanol–water partition coefficient (Wildman–Crippen LogP) is 2.62. The Bertz CT molecular complexity index is 332. The second-order valence-corrected chi connectivity index (χ2v) is 3.49. The van der Waals surface area contributed by atoms with E-state index in [-0.39, 0.29) is 5.76 Å². The summed E-state index contributed by atoms with van der Waals surface area (Å²) in [4.78, 5) is 14.8. The number of rotatable bonds is 3. The molecule has 1 aromatic rings. The van der Waals surface area contributed by atoms with Gasteiger partial charge in [0.1, 0.15) is 4.84 Å². The van der Waals surface area contributed by atoms with Gasteiger partial charge in [0, 0.05) is 0 Å². The summed E-state index contributed by atoms with van der Waals surface area (Å²) in [5.74, 6) is -0.620. The zero-order valence-electron chi connectivity index (χ0n) is 7.24. The average Bonchev–Trinajstić information content (AvgIpc) is 2.66. The molecular formula is C8H7Cl2NO3. The number of furan rings is 1. The molecule has 0 saturated carbocycles. The number of hydrogen-bond donors (Lipinski definition) is 0. The maximum absolute atomic E-state index is 11.1. The van der Waals surface area contributed by atoms with Crippen LogP contribution in [0.25, 0.3) is 0 Å². The van der Waals surface area contributed by atoms with Gasteiger partial charge in [-0.3, -0.25) is 0 Å². The van der Waals surface area contributed by atoms with Gasteiger partial charge in [-0.25, -0.2) is 4.79 Å². The number of hydrogen-bond acceptors (Lipinski definition) is 4. The lowest BCUT2D eigenvalue weighted by Crippen LogP contribution is -2.06. The van der Waals surface area contributed by atoms with E-state index < -0.39 is 10.8 Å². The van der Waals surface area contributed by atoms with E-state index in [0.29, 0.717) is 5.71 Å². The third kappa shape index (κ3) is 3.05. The standard InChI is InChI=1S/C8H7Cl2NO3/c1-5(7(9)10)11-14-8(12)6-3-2-4-13-6/h2-4,7H,1H3/b11-5+. The molecule has 0 N–H and O–H groups in total. The first-order valence-electron chi connectivity index (χ1n) is 3.68. The summed E-state index contributed by atoms with van der Waals surface area (Å²) < 4.78 is 4.78. The summed E-state index contributed by atoms with van der Waals surface area (Å²) in [7, 11) is 0. The molecule has 0 amide bonds. The first kappa shape index (κ1) is 11.1. The lowest BCUT2D eigenvalue weighted by atomic mass is 10.5. The molecule has 0 aliphatic heterocycles. The fraction of sp³-hybridized carbons (Fsp3) is 0.250. The SMILES string of the molecule is C/C(=N\OC(=O)c1ccco1)C(Cl)Cl. The molecule has 0 saturated heterocycles. The molecule has 0 bridgehead atoms. The van der Waals surface area contributed by atoms with E-state index in [1.54, 1.807) is 13.0 Å². The third-order valence-corrected chi connectivity index (χ3v) is 1.94. The van der Waals surface area contributed by atoms with Gasteiger partial charge in [-0.1, -0.05) is 28.4 Å². The van der Waals surface area contributed by atoms with Crippen LogP contribution < -0.4 is 0 Å². The smallest absolute Gasteiger partial charge is 0.400 e. The van der Waals surface area contributed by atoms with Gasteiger partial charge in [0.15, 0.2) is 0 Å². The monoisotopic (exact) mass is 235 g/mol. The maximum Gasteiger partial charge on any atom is 0.400 e. The van der Waals surface area contributed by atoms with Crippen LogP contribution in [0.5, 0.6) is 0 Å². The summed E-state index contributed by atoms with van der Waals surface area (Å²) in [6, 6.07) is 3.03. The molecule has 0 atom stereocenters. The van der Waals surface area contributed by atoms with Crippen LogP contribution in [0.15, 0.2) is 28.0 Å². The number of nitrogens with zero attached hydrogens (tertiary/aromatic N) is 1. The third-order valence-electron chi connectivity index (χ3n) is 1.31. The molecule has 76 valence electrons. The highest BCUT2D eigenvalue weighted by Crippen LogP contribution is 2.06. The highest BCUT2D eigenvalue weighted by Gasteiger charge is 2.11. The highest BCUT2D eigenvalue weighted by atomic mass is 35.5. The Hall–Kier alpha value is -1.000. The highest BCUT2D eigenvalue weighted by molar-refractivity contribution is 6.54. The quantitative estimate of drug-likeness (QED) is 0.350. The Labute approximate surface area is 90.4 Å². The van der Waals surface area contributed by atoms with Crippen molar-refractivity contribution in [3.05, 3.63) is 24.2 Å². The van der Waals surface area contributed by atoms with Crippen LogP contribution in [0.3, 0.4) is 0 Å². The van der Waals surface area contributed by atoms with E-state index in [1.807, 2.05) is 0 Å². The molecule has 0 aromatic carbocycles. The fourth-order valence-electron chi connectivity index (χ4n) is 0.593. The normalized spacial score (nSPS) is 11.9. The molecule has 0 aliphatic rings. The minimum atomic E-state index is -0.792. The van der Waals surface area contributed by atoms with Crippen molar-refractivity contribution in [3.8, 4) is 0 Å². The zero-order chi connectivity index (χ0) is 10.6. The van der Waals surface area contributed by atoms with Gasteiger partial charge in [-0.15, -0.1) is 0 Å². The molecule has 14 heavy (non-hydrogen) atoms. The number of carbonyl (C=O) groups excluding carboxylic acids is 1. The van der Waals surface area contributed by atoms with Gasteiger partial charge in [0.05, 0.1) is 12.0 Å². The fourth-order valence-corrected chi connectivity index (χ4v) is 0.673. The van der Waals surface area contributed by atoms with E-state index in [0.717, 1.165) is 0 Å². The van der Waals surface area contributed by atoms with Crippen molar-refractivity contribution in [1.29, 1.82) is 0 Å². The first-order valence-corrected chi connectivity index (χ1v) is 4.56. The topological polar surface area (TPSA) is 51.8 Å². The number of alkyl halides is 2. The summed E-state index contributed by atoms with van der Waals surface area (Å²) >= 11 is 10.9. The molecule has 0 fully saturated rings. The summed E-state index contributed by atoms with van der Waals surface area (Å²) in [6.07, 6.45) is 1.36. The number of oxime groups is 1. The van der Waals surface area contributed by atoms with Gasteiger partial charge < -0.3 is 9.25 Å². The lowest BCUT2D eigenvalue weighted by Gasteiger charge is -1.98. The molecule has 0 radical (unpaired) electrons. The van der Waals surface area contributed by atoms with Crippen LogP contribution in [-0.4, -0.2) is 16.5 Å². The number of halogens is 2. The van der Waals surface area contributed by atoms with Crippen LogP contribution in [-0.2, 0) is 4.84 Å². The number of carbonyl (C=O) groups is 1. The second kappa shape index (κ2) is 5.02. The van der Waals surface area contributed by atoms with Crippen molar-refractivity contribution in [3.63, 3.8) is 0 Å². The van der Waals surface area contributed by atoms with Crippen LogP contribution in [0, 0.1) is 0 Å². The van der Waals surface area contributed by atoms with Crippen LogP contribution in [0.1, 0.15) is 17.5 Å². The minimum Gasteiger partial charge on any atom is -0.457 e. The van der Waals surface area contributed by atoms with Gasteiger partial charge >= 0.3 is 5.97 Å². The molecule has 0 unspecified atom stereocenters. The Morgan fingerprint density at radius 2 is 2.36 bits per heavy atom. The molecule has 0 aliphatic carbocycles. The van der Waals surface area contributed by atoms with Crippen LogP contribution >= 0.6 is 23.2 Å².